The first-order chi connectivity index (χ1) is 13.1. The molecule has 0 spiro atoms. The fourth-order valence-electron chi connectivity index (χ4n) is 2.99. The van der Waals surface area contributed by atoms with Gasteiger partial charge in [0.05, 0.1) is 17.4 Å². The number of amides is 1. The summed E-state index contributed by atoms with van der Waals surface area (Å²) in [5.74, 6) is 0.406. The third kappa shape index (κ3) is 3.83. The van der Waals surface area contributed by atoms with Crippen LogP contribution in [-0.2, 0) is 0 Å². The number of hydrogen-bond donors (Lipinski definition) is 2. The van der Waals surface area contributed by atoms with E-state index in [0.717, 1.165) is 29.7 Å². The zero-order valence-corrected chi connectivity index (χ0v) is 15.7. The maximum absolute atomic E-state index is 12.5. The highest BCUT2D eigenvalue weighted by Gasteiger charge is 2.22. The Kier molecular flexibility index (Phi) is 4.86. The van der Waals surface area contributed by atoms with E-state index in [1.807, 2.05) is 37.3 Å². The lowest BCUT2D eigenvalue weighted by atomic mass is 9.96. The first-order valence-electron chi connectivity index (χ1n) is 8.98. The molecule has 4 rings (SSSR count). The van der Waals surface area contributed by atoms with Gasteiger partial charge in [-0.05, 0) is 56.0 Å². The fraction of sp³-hybridized carbons (Fsp3) is 0.238. The summed E-state index contributed by atoms with van der Waals surface area (Å²) in [6.45, 7) is 1.86. The molecule has 0 unspecified atom stereocenters. The number of benzene rings is 1. The minimum atomic E-state index is -0.176. The summed E-state index contributed by atoms with van der Waals surface area (Å²) in [7, 11) is 0. The van der Waals surface area contributed by atoms with Gasteiger partial charge in [-0.25, -0.2) is 4.98 Å². The van der Waals surface area contributed by atoms with Gasteiger partial charge in [0.1, 0.15) is 6.10 Å². The van der Waals surface area contributed by atoms with Gasteiger partial charge in [-0.15, -0.1) is 0 Å². The molecule has 27 heavy (non-hydrogen) atoms. The van der Waals surface area contributed by atoms with Crippen molar-refractivity contribution in [3.05, 3.63) is 65.1 Å². The molecule has 138 valence electrons. The summed E-state index contributed by atoms with van der Waals surface area (Å²) in [5, 5.41) is 3.58. The number of aryl methyl sites for hydroxylation is 1. The van der Waals surface area contributed by atoms with Crippen LogP contribution in [0.4, 0.5) is 5.69 Å². The number of anilines is 1. The Hall–Kier alpha value is -2.79. The molecule has 2 heterocycles. The molecular weight excluding hydrogens is 362 g/mol. The molecule has 0 bridgehead atoms. The van der Waals surface area contributed by atoms with Crippen LogP contribution in [0.3, 0.4) is 0 Å². The predicted molar refractivity (Wildman–Crippen MR) is 106 cm³/mol. The van der Waals surface area contributed by atoms with Crippen LogP contribution in [0.15, 0.2) is 48.8 Å². The Morgan fingerprint density at radius 3 is 2.67 bits per heavy atom. The normalized spacial score (nSPS) is 13.9. The second-order valence-corrected chi connectivity index (χ2v) is 7.16. The quantitative estimate of drug-likeness (QED) is 0.636. The highest BCUT2D eigenvalue weighted by atomic mass is 35.5. The number of ether oxygens (including phenoxy) is 1. The average Bonchev–Trinajstić information content (AvgIpc) is 3.06. The van der Waals surface area contributed by atoms with Gasteiger partial charge in [-0.2, -0.15) is 0 Å². The molecule has 6 heteroatoms. The standard InChI is InChI=1S/C21H20ClN3O2/c1-13-18(9-10-23-13)20(26)25-16-11-19(14-5-7-15(22)8-6-14)21(24-12-16)27-17-3-2-4-17/h5-12,17,23H,2-4H2,1H3,(H,25,26). The van der Waals surface area contributed by atoms with Crippen LogP contribution in [0, 0.1) is 6.92 Å². The zero-order valence-electron chi connectivity index (χ0n) is 15.0. The molecule has 5 nitrogen and oxygen atoms in total. The smallest absolute Gasteiger partial charge is 0.257 e. The molecule has 0 atom stereocenters. The predicted octanol–water partition coefficient (Wildman–Crippen LogP) is 5.22. The number of H-pyrrole nitrogens is 1. The molecule has 1 fully saturated rings. The molecule has 1 aromatic carbocycles. The van der Waals surface area contributed by atoms with E-state index in [9.17, 15) is 4.79 Å². The number of halogens is 1. The van der Waals surface area contributed by atoms with Gasteiger partial charge >= 0.3 is 0 Å². The van der Waals surface area contributed by atoms with E-state index in [4.69, 9.17) is 16.3 Å². The average molecular weight is 382 g/mol. The monoisotopic (exact) mass is 381 g/mol. The van der Waals surface area contributed by atoms with Crippen molar-refractivity contribution in [3.8, 4) is 17.0 Å². The Bertz CT molecular complexity index is 962. The molecule has 0 aliphatic heterocycles. The summed E-state index contributed by atoms with van der Waals surface area (Å²) in [6.07, 6.45) is 6.88. The second-order valence-electron chi connectivity index (χ2n) is 6.72. The van der Waals surface area contributed by atoms with Crippen molar-refractivity contribution >= 4 is 23.2 Å². The fourth-order valence-corrected chi connectivity index (χ4v) is 3.12. The molecule has 2 aromatic heterocycles. The minimum absolute atomic E-state index is 0.176. The van der Waals surface area contributed by atoms with E-state index in [1.165, 1.54) is 6.42 Å². The number of pyridine rings is 1. The van der Waals surface area contributed by atoms with Crippen LogP contribution in [0.2, 0.25) is 5.02 Å². The zero-order chi connectivity index (χ0) is 18.8. The number of carbonyl (C=O) groups excluding carboxylic acids is 1. The molecule has 1 aliphatic carbocycles. The van der Waals surface area contributed by atoms with E-state index < -0.39 is 0 Å². The summed E-state index contributed by atoms with van der Waals surface area (Å²) in [4.78, 5) is 20.0. The third-order valence-electron chi connectivity index (χ3n) is 4.79. The van der Waals surface area contributed by atoms with Crippen LogP contribution < -0.4 is 10.1 Å². The van der Waals surface area contributed by atoms with Crippen molar-refractivity contribution in [2.75, 3.05) is 5.32 Å². The summed E-state index contributed by atoms with van der Waals surface area (Å²) >= 11 is 6.02. The molecular formula is C21H20ClN3O2. The second kappa shape index (κ2) is 7.45. The van der Waals surface area contributed by atoms with Crippen LogP contribution in [0.25, 0.3) is 11.1 Å². The van der Waals surface area contributed by atoms with E-state index in [0.29, 0.717) is 22.2 Å². The van der Waals surface area contributed by atoms with Gasteiger partial charge in [0.25, 0.3) is 5.91 Å². The van der Waals surface area contributed by atoms with Gasteiger partial charge in [0.2, 0.25) is 5.88 Å². The van der Waals surface area contributed by atoms with Gasteiger partial charge < -0.3 is 15.0 Å². The van der Waals surface area contributed by atoms with Gasteiger partial charge in [0, 0.05) is 22.5 Å². The van der Waals surface area contributed by atoms with Crippen molar-refractivity contribution < 1.29 is 9.53 Å². The maximum Gasteiger partial charge on any atom is 0.257 e. The number of hydrogen-bond acceptors (Lipinski definition) is 3. The molecule has 0 saturated heterocycles. The Morgan fingerprint density at radius 2 is 2.04 bits per heavy atom. The summed E-state index contributed by atoms with van der Waals surface area (Å²) in [5.41, 5.74) is 3.82. The maximum atomic E-state index is 12.5. The highest BCUT2D eigenvalue weighted by molar-refractivity contribution is 6.30. The number of aromatic amines is 1. The van der Waals surface area contributed by atoms with Crippen molar-refractivity contribution in [2.45, 2.75) is 32.3 Å². The highest BCUT2D eigenvalue weighted by Crippen LogP contribution is 2.34. The number of carbonyl (C=O) groups is 1. The summed E-state index contributed by atoms with van der Waals surface area (Å²) < 4.78 is 6.06. The van der Waals surface area contributed by atoms with Gasteiger partial charge in [-0.1, -0.05) is 23.7 Å². The van der Waals surface area contributed by atoms with Crippen LogP contribution in [0.5, 0.6) is 5.88 Å². The molecule has 2 N–H and O–H groups in total. The lowest BCUT2D eigenvalue weighted by Crippen LogP contribution is -2.25. The van der Waals surface area contributed by atoms with Crippen molar-refractivity contribution in [3.63, 3.8) is 0 Å². The van der Waals surface area contributed by atoms with E-state index in [2.05, 4.69) is 15.3 Å². The number of nitrogens with zero attached hydrogens (tertiary/aromatic N) is 1. The molecule has 1 aliphatic rings. The molecule has 1 amide bonds. The number of nitrogens with one attached hydrogen (secondary N) is 2. The van der Waals surface area contributed by atoms with E-state index >= 15 is 0 Å². The lowest BCUT2D eigenvalue weighted by molar-refractivity contribution is 0.102. The van der Waals surface area contributed by atoms with Crippen molar-refractivity contribution in [2.24, 2.45) is 0 Å². The van der Waals surface area contributed by atoms with E-state index in [1.54, 1.807) is 18.5 Å². The Labute approximate surface area is 162 Å². The van der Waals surface area contributed by atoms with Crippen LogP contribution in [-0.4, -0.2) is 22.0 Å². The molecule has 3 aromatic rings. The minimum Gasteiger partial charge on any atom is -0.474 e. The largest absolute Gasteiger partial charge is 0.474 e. The van der Waals surface area contributed by atoms with Gasteiger partial charge in [0.15, 0.2) is 0 Å². The Balaban J connectivity index is 1.65. The Morgan fingerprint density at radius 1 is 1.26 bits per heavy atom. The van der Waals surface area contributed by atoms with Gasteiger partial charge in [-0.3, -0.25) is 4.79 Å². The van der Waals surface area contributed by atoms with Crippen molar-refractivity contribution in [1.82, 2.24) is 9.97 Å². The van der Waals surface area contributed by atoms with Crippen LogP contribution in [0.1, 0.15) is 35.3 Å². The SMILES string of the molecule is Cc1[nH]ccc1C(=O)Nc1cnc(OC2CCC2)c(-c2ccc(Cl)cc2)c1. The first kappa shape index (κ1) is 17.6. The molecule has 0 radical (unpaired) electrons. The van der Waals surface area contributed by atoms with Crippen molar-refractivity contribution in [1.29, 1.82) is 0 Å². The number of aromatic nitrogens is 2. The topological polar surface area (TPSA) is 67.0 Å². The first-order valence-corrected chi connectivity index (χ1v) is 9.36. The van der Waals surface area contributed by atoms with E-state index in [-0.39, 0.29) is 12.0 Å². The third-order valence-corrected chi connectivity index (χ3v) is 5.05. The summed E-state index contributed by atoms with van der Waals surface area (Å²) in [6, 6.07) is 11.2. The van der Waals surface area contributed by atoms with Crippen LogP contribution >= 0.6 is 11.6 Å². The number of rotatable bonds is 5. The lowest BCUT2D eigenvalue weighted by Gasteiger charge is -2.27. The molecule has 1 saturated carbocycles.